The van der Waals surface area contributed by atoms with Crippen LogP contribution in [-0.2, 0) is 22.4 Å². The molecular formula is C27H42O2. The highest BCUT2D eigenvalue weighted by molar-refractivity contribution is 5.82. The van der Waals surface area contributed by atoms with E-state index in [1.807, 2.05) is 6.07 Å². The Morgan fingerprint density at radius 3 is 2.31 bits per heavy atom. The summed E-state index contributed by atoms with van der Waals surface area (Å²) in [6, 6.07) is 8.32. The fraction of sp³-hybridized carbons (Fsp3) is 0.704. The average Bonchev–Trinajstić information content (AvgIpc) is 2.72. The monoisotopic (exact) mass is 398 g/mol. The maximum atomic E-state index is 12.4. The maximum absolute atomic E-state index is 12.4. The molecule has 1 aromatic rings. The van der Waals surface area contributed by atoms with Gasteiger partial charge in [0.1, 0.15) is 11.6 Å². The zero-order chi connectivity index (χ0) is 20.9. The van der Waals surface area contributed by atoms with Crippen molar-refractivity contribution < 1.29 is 9.59 Å². The number of rotatable bonds is 14. The van der Waals surface area contributed by atoms with Crippen molar-refractivity contribution in [3.8, 4) is 0 Å². The fourth-order valence-corrected chi connectivity index (χ4v) is 4.80. The molecule has 0 amide bonds. The largest absolute Gasteiger partial charge is 0.300 e. The van der Waals surface area contributed by atoms with Gasteiger partial charge in [0.05, 0.1) is 0 Å². The molecule has 2 rings (SSSR count). The van der Waals surface area contributed by atoms with Gasteiger partial charge in [-0.15, -0.1) is 0 Å². The van der Waals surface area contributed by atoms with Crippen molar-refractivity contribution in [1.29, 1.82) is 0 Å². The van der Waals surface area contributed by atoms with Gasteiger partial charge in [0.25, 0.3) is 0 Å². The SMILES string of the molecule is CCCCc1ccccc1CC(=O)CCCC(=O)CCCCC1CCCCC1C. The molecule has 2 nitrogen and oxygen atoms in total. The van der Waals surface area contributed by atoms with Crippen LogP contribution in [0.5, 0.6) is 0 Å². The van der Waals surface area contributed by atoms with Crippen LogP contribution in [0.15, 0.2) is 24.3 Å². The number of unbranched alkanes of at least 4 members (excludes halogenated alkanes) is 2. The van der Waals surface area contributed by atoms with Gasteiger partial charge in [0.2, 0.25) is 0 Å². The Hall–Kier alpha value is -1.44. The molecule has 0 bridgehead atoms. The molecule has 0 heterocycles. The second-order valence-corrected chi connectivity index (χ2v) is 9.25. The van der Waals surface area contributed by atoms with Crippen LogP contribution < -0.4 is 0 Å². The number of aryl methyl sites for hydroxylation is 1. The summed E-state index contributed by atoms with van der Waals surface area (Å²) in [6.07, 6.45) is 15.5. The zero-order valence-corrected chi connectivity index (χ0v) is 18.9. The molecule has 0 radical (unpaired) electrons. The van der Waals surface area contributed by atoms with Crippen LogP contribution in [0.25, 0.3) is 0 Å². The Kier molecular flexibility index (Phi) is 11.3. The second-order valence-electron chi connectivity index (χ2n) is 9.25. The number of ketones is 2. The molecule has 0 aliphatic heterocycles. The first kappa shape index (κ1) is 23.8. The van der Waals surface area contributed by atoms with E-state index < -0.39 is 0 Å². The summed E-state index contributed by atoms with van der Waals surface area (Å²) < 4.78 is 0. The highest BCUT2D eigenvalue weighted by Crippen LogP contribution is 2.33. The average molecular weight is 399 g/mol. The number of benzene rings is 1. The summed E-state index contributed by atoms with van der Waals surface area (Å²) in [4.78, 5) is 24.5. The van der Waals surface area contributed by atoms with Gasteiger partial charge in [-0.25, -0.2) is 0 Å². The van der Waals surface area contributed by atoms with E-state index >= 15 is 0 Å². The molecule has 1 fully saturated rings. The Labute approximate surface area is 178 Å². The highest BCUT2D eigenvalue weighted by Gasteiger charge is 2.20. The van der Waals surface area contributed by atoms with Crippen molar-refractivity contribution in [2.24, 2.45) is 11.8 Å². The van der Waals surface area contributed by atoms with Crippen molar-refractivity contribution in [3.63, 3.8) is 0 Å². The number of hydrogen-bond acceptors (Lipinski definition) is 2. The predicted octanol–water partition coefficient (Wildman–Crippen LogP) is 7.27. The number of carbonyl (C=O) groups is 2. The molecule has 0 N–H and O–H groups in total. The van der Waals surface area contributed by atoms with Crippen molar-refractivity contribution in [2.45, 2.75) is 110 Å². The number of carbonyl (C=O) groups excluding carboxylic acids is 2. The Morgan fingerprint density at radius 1 is 0.862 bits per heavy atom. The van der Waals surface area contributed by atoms with E-state index in [2.05, 4.69) is 32.0 Å². The minimum Gasteiger partial charge on any atom is -0.300 e. The third-order valence-corrected chi connectivity index (χ3v) is 6.79. The molecule has 1 aromatic carbocycles. The summed E-state index contributed by atoms with van der Waals surface area (Å²) >= 11 is 0. The lowest BCUT2D eigenvalue weighted by Crippen LogP contribution is -2.16. The van der Waals surface area contributed by atoms with Crippen LogP contribution in [-0.4, -0.2) is 11.6 Å². The van der Waals surface area contributed by atoms with Gasteiger partial charge in [-0.05, 0) is 48.6 Å². The summed E-state index contributed by atoms with van der Waals surface area (Å²) in [6.45, 7) is 4.59. The Balaban J connectivity index is 1.58. The standard InChI is InChI=1S/C27H42O2/c1-3-4-13-24-16-7-8-17-25(24)21-27(29)20-11-19-26(28)18-10-9-15-23-14-6-5-12-22(23)2/h7-8,16-17,22-23H,3-6,9-15,18-21H2,1-2H3. The Bertz CT molecular complexity index is 619. The summed E-state index contributed by atoms with van der Waals surface area (Å²) in [5.41, 5.74) is 2.49. The lowest BCUT2D eigenvalue weighted by Gasteiger charge is -2.28. The Morgan fingerprint density at radius 2 is 1.55 bits per heavy atom. The fourth-order valence-electron chi connectivity index (χ4n) is 4.80. The molecule has 0 saturated heterocycles. The molecular weight excluding hydrogens is 356 g/mol. The van der Waals surface area contributed by atoms with Crippen molar-refractivity contribution in [2.75, 3.05) is 0 Å². The number of Topliss-reactive ketones (excluding diaryl/α,β-unsaturated/α-hetero) is 2. The quantitative estimate of drug-likeness (QED) is 0.309. The summed E-state index contributed by atoms with van der Waals surface area (Å²) in [5.74, 6) is 2.38. The van der Waals surface area contributed by atoms with Crippen LogP contribution in [0.3, 0.4) is 0 Å². The van der Waals surface area contributed by atoms with Gasteiger partial charge in [0, 0.05) is 25.7 Å². The van der Waals surface area contributed by atoms with Crippen molar-refractivity contribution in [1.82, 2.24) is 0 Å². The highest BCUT2D eigenvalue weighted by atomic mass is 16.1. The van der Waals surface area contributed by atoms with Crippen molar-refractivity contribution >= 4 is 11.6 Å². The van der Waals surface area contributed by atoms with E-state index in [1.54, 1.807) is 0 Å². The zero-order valence-electron chi connectivity index (χ0n) is 18.9. The third-order valence-electron chi connectivity index (χ3n) is 6.79. The van der Waals surface area contributed by atoms with Crippen LogP contribution in [0.1, 0.15) is 108 Å². The van der Waals surface area contributed by atoms with E-state index in [0.717, 1.165) is 24.7 Å². The van der Waals surface area contributed by atoms with Gasteiger partial charge in [-0.1, -0.05) is 83.1 Å². The van der Waals surface area contributed by atoms with Gasteiger partial charge in [0.15, 0.2) is 0 Å². The number of hydrogen-bond donors (Lipinski definition) is 0. The van der Waals surface area contributed by atoms with Crippen LogP contribution in [0.2, 0.25) is 0 Å². The van der Waals surface area contributed by atoms with E-state index in [9.17, 15) is 9.59 Å². The topological polar surface area (TPSA) is 34.1 Å². The predicted molar refractivity (Wildman–Crippen MR) is 122 cm³/mol. The lowest BCUT2D eigenvalue weighted by molar-refractivity contribution is -0.120. The first-order valence-electron chi connectivity index (χ1n) is 12.2. The normalized spacial score (nSPS) is 19.2. The molecule has 162 valence electrons. The summed E-state index contributed by atoms with van der Waals surface area (Å²) in [7, 11) is 0. The van der Waals surface area contributed by atoms with Crippen molar-refractivity contribution in [3.05, 3.63) is 35.4 Å². The third kappa shape index (κ3) is 9.28. The maximum Gasteiger partial charge on any atom is 0.137 e. The minimum absolute atomic E-state index is 0.271. The van der Waals surface area contributed by atoms with E-state index in [1.165, 1.54) is 62.5 Å². The van der Waals surface area contributed by atoms with Crippen LogP contribution >= 0.6 is 0 Å². The molecule has 0 spiro atoms. The molecule has 1 aliphatic rings. The molecule has 29 heavy (non-hydrogen) atoms. The van der Waals surface area contributed by atoms with Crippen LogP contribution in [0, 0.1) is 11.8 Å². The van der Waals surface area contributed by atoms with E-state index in [4.69, 9.17) is 0 Å². The minimum atomic E-state index is 0.271. The lowest BCUT2D eigenvalue weighted by atomic mass is 9.78. The summed E-state index contributed by atoms with van der Waals surface area (Å²) in [5, 5.41) is 0. The molecule has 2 atom stereocenters. The van der Waals surface area contributed by atoms with Gasteiger partial charge in [-0.3, -0.25) is 9.59 Å². The van der Waals surface area contributed by atoms with E-state index in [-0.39, 0.29) is 5.78 Å². The first-order valence-corrected chi connectivity index (χ1v) is 12.2. The van der Waals surface area contributed by atoms with Gasteiger partial charge >= 0.3 is 0 Å². The van der Waals surface area contributed by atoms with Gasteiger partial charge < -0.3 is 0 Å². The molecule has 0 aromatic heterocycles. The first-order chi connectivity index (χ1) is 14.1. The molecule has 2 heteroatoms. The molecule has 2 unspecified atom stereocenters. The smallest absolute Gasteiger partial charge is 0.137 e. The van der Waals surface area contributed by atoms with Gasteiger partial charge in [-0.2, -0.15) is 0 Å². The molecule has 1 saturated carbocycles. The van der Waals surface area contributed by atoms with E-state index in [0.29, 0.717) is 37.9 Å². The second kappa shape index (κ2) is 13.7. The van der Waals surface area contributed by atoms with Crippen LogP contribution in [0.4, 0.5) is 0 Å². The molecule has 1 aliphatic carbocycles.